The molecule has 1 spiro atoms. The van der Waals surface area contributed by atoms with Crippen LogP contribution in [0.2, 0.25) is 0 Å². The van der Waals surface area contributed by atoms with Crippen LogP contribution in [0.4, 0.5) is 0 Å². The molecule has 1 unspecified atom stereocenters. The van der Waals surface area contributed by atoms with E-state index in [1.807, 2.05) is 0 Å². The number of nitrogens with zero attached hydrogens (tertiary/aromatic N) is 1. The minimum atomic E-state index is 0. The highest BCUT2D eigenvalue weighted by molar-refractivity contribution is 14.1. The van der Waals surface area contributed by atoms with Crippen molar-refractivity contribution in [3.05, 3.63) is 33.4 Å². The van der Waals surface area contributed by atoms with Crippen molar-refractivity contribution in [2.24, 2.45) is 5.41 Å². The topological polar surface area (TPSA) is 15.3 Å². The van der Waals surface area contributed by atoms with E-state index in [1.54, 1.807) is 0 Å². The van der Waals surface area contributed by atoms with Crippen molar-refractivity contribution in [2.45, 2.75) is 19.4 Å². The third kappa shape index (κ3) is 3.18. The highest BCUT2D eigenvalue weighted by Gasteiger charge is 2.39. The van der Waals surface area contributed by atoms with Gasteiger partial charge in [0.1, 0.15) is 0 Å². The molecule has 2 nitrogen and oxygen atoms in total. The summed E-state index contributed by atoms with van der Waals surface area (Å²) in [5.41, 5.74) is 2.05. The largest absolute Gasteiger partial charge is 0.316 e. The van der Waals surface area contributed by atoms with Crippen LogP contribution in [-0.4, -0.2) is 31.1 Å². The van der Waals surface area contributed by atoms with Crippen LogP contribution in [0.15, 0.2) is 24.3 Å². The van der Waals surface area contributed by atoms with Gasteiger partial charge in [-0.3, -0.25) is 4.90 Å². The van der Waals surface area contributed by atoms with Crippen LogP contribution in [0.3, 0.4) is 0 Å². The highest BCUT2D eigenvalue weighted by Crippen LogP contribution is 2.36. The van der Waals surface area contributed by atoms with E-state index in [-0.39, 0.29) is 12.4 Å². The third-order valence-electron chi connectivity index (χ3n) is 4.17. The summed E-state index contributed by atoms with van der Waals surface area (Å²) in [7, 11) is 0. The predicted octanol–water partition coefficient (Wildman–Crippen LogP) is 2.90. The summed E-state index contributed by atoms with van der Waals surface area (Å²) in [6, 6.07) is 8.94. The lowest BCUT2D eigenvalue weighted by atomic mass is 9.87. The van der Waals surface area contributed by atoms with Crippen LogP contribution in [0.5, 0.6) is 0 Å². The molecule has 1 aromatic rings. The number of rotatable bonds is 2. The van der Waals surface area contributed by atoms with E-state index in [4.69, 9.17) is 0 Å². The van der Waals surface area contributed by atoms with Crippen LogP contribution < -0.4 is 5.32 Å². The molecule has 0 aliphatic carbocycles. The van der Waals surface area contributed by atoms with Gasteiger partial charge in [-0.05, 0) is 71.6 Å². The number of hydrogen-bond acceptors (Lipinski definition) is 2. The molecule has 1 atom stereocenters. The predicted molar refractivity (Wildman–Crippen MR) is 86.2 cm³/mol. The maximum atomic E-state index is 3.52. The molecule has 100 valence electrons. The fourth-order valence-electron chi connectivity index (χ4n) is 3.15. The van der Waals surface area contributed by atoms with Crippen LogP contribution in [-0.2, 0) is 6.54 Å². The van der Waals surface area contributed by atoms with Gasteiger partial charge < -0.3 is 5.32 Å². The number of nitrogens with one attached hydrogen (secondary N) is 1. The molecule has 3 rings (SSSR count). The van der Waals surface area contributed by atoms with E-state index >= 15 is 0 Å². The molecule has 0 saturated carbocycles. The van der Waals surface area contributed by atoms with Gasteiger partial charge in [-0.2, -0.15) is 0 Å². The van der Waals surface area contributed by atoms with Crippen molar-refractivity contribution in [2.75, 3.05) is 26.2 Å². The fourth-order valence-corrected chi connectivity index (χ4v) is 3.51. The Bertz CT molecular complexity index is 387. The van der Waals surface area contributed by atoms with Gasteiger partial charge in [0.15, 0.2) is 0 Å². The first-order chi connectivity index (χ1) is 8.26. The first-order valence-electron chi connectivity index (χ1n) is 6.43. The molecule has 2 heterocycles. The smallest absolute Gasteiger partial charge is 0.0233 e. The number of hydrogen-bond donors (Lipinski definition) is 1. The minimum absolute atomic E-state index is 0. The third-order valence-corrected chi connectivity index (χ3v) is 4.89. The summed E-state index contributed by atoms with van der Waals surface area (Å²) in [6.07, 6.45) is 2.75. The normalized spacial score (nSPS) is 27.6. The Kier molecular flexibility index (Phi) is 4.92. The Labute approximate surface area is 129 Å². The van der Waals surface area contributed by atoms with E-state index in [0.717, 1.165) is 6.54 Å². The molecule has 0 amide bonds. The molecule has 0 radical (unpaired) electrons. The van der Waals surface area contributed by atoms with E-state index in [0.29, 0.717) is 5.41 Å². The molecule has 2 saturated heterocycles. The van der Waals surface area contributed by atoms with Crippen molar-refractivity contribution in [3.8, 4) is 0 Å². The Morgan fingerprint density at radius 1 is 1.22 bits per heavy atom. The molecule has 1 aromatic carbocycles. The zero-order valence-electron chi connectivity index (χ0n) is 10.5. The molecule has 0 aromatic heterocycles. The van der Waals surface area contributed by atoms with Gasteiger partial charge in [-0.15, -0.1) is 12.4 Å². The van der Waals surface area contributed by atoms with Gasteiger partial charge in [-0.25, -0.2) is 0 Å². The van der Waals surface area contributed by atoms with Crippen molar-refractivity contribution in [1.29, 1.82) is 0 Å². The number of halogens is 2. The molecular weight excluding hydrogens is 359 g/mol. The Balaban J connectivity index is 0.00000120. The second-order valence-electron chi connectivity index (χ2n) is 5.51. The first kappa shape index (κ1) is 14.6. The molecule has 18 heavy (non-hydrogen) atoms. The second kappa shape index (κ2) is 6.07. The van der Waals surface area contributed by atoms with Crippen molar-refractivity contribution in [1.82, 2.24) is 10.2 Å². The van der Waals surface area contributed by atoms with Crippen molar-refractivity contribution in [3.63, 3.8) is 0 Å². The molecule has 0 bridgehead atoms. The summed E-state index contributed by atoms with van der Waals surface area (Å²) in [5.74, 6) is 0. The van der Waals surface area contributed by atoms with Gasteiger partial charge in [0, 0.05) is 23.2 Å². The lowest BCUT2D eigenvalue weighted by Crippen LogP contribution is -2.28. The van der Waals surface area contributed by atoms with Gasteiger partial charge >= 0.3 is 0 Å². The van der Waals surface area contributed by atoms with Gasteiger partial charge in [-0.1, -0.05) is 12.1 Å². The Morgan fingerprint density at radius 2 is 2.00 bits per heavy atom. The summed E-state index contributed by atoms with van der Waals surface area (Å²) in [6.45, 7) is 6.13. The summed E-state index contributed by atoms with van der Waals surface area (Å²) in [4.78, 5) is 2.62. The lowest BCUT2D eigenvalue weighted by molar-refractivity contribution is 0.268. The summed E-state index contributed by atoms with van der Waals surface area (Å²) >= 11 is 2.36. The molecule has 2 aliphatic heterocycles. The van der Waals surface area contributed by atoms with Crippen LogP contribution in [0.1, 0.15) is 18.4 Å². The van der Waals surface area contributed by atoms with Crippen LogP contribution in [0, 0.1) is 8.99 Å². The van der Waals surface area contributed by atoms with Crippen LogP contribution >= 0.6 is 35.0 Å². The standard InChI is InChI=1S/C14H19IN2.ClH/c15-13-3-1-12(2-4-13)9-17-8-6-14(11-17)5-7-16-10-14;/h1-4,16H,5-11H2;1H. The summed E-state index contributed by atoms with van der Waals surface area (Å²) in [5, 5.41) is 3.52. The van der Waals surface area contributed by atoms with E-state index in [2.05, 4.69) is 57.1 Å². The average Bonchev–Trinajstić information content (AvgIpc) is 2.94. The second-order valence-corrected chi connectivity index (χ2v) is 6.76. The number of likely N-dealkylation sites (tertiary alicyclic amines) is 1. The van der Waals surface area contributed by atoms with Gasteiger partial charge in [0.2, 0.25) is 0 Å². The summed E-state index contributed by atoms with van der Waals surface area (Å²) < 4.78 is 1.32. The fraction of sp³-hybridized carbons (Fsp3) is 0.571. The number of benzene rings is 1. The monoisotopic (exact) mass is 378 g/mol. The van der Waals surface area contributed by atoms with Crippen molar-refractivity contribution < 1.29 is 0 Å². The van der Waals surface area contributed by atoms with Crippen molar-refractivity contribution >= 4 is 35.0 Å². The highest BCUT2D eigenvalue weighted by atomic mass is 127. The van der Waals surface area contributed by atoms with Gasteiger partial charge in [0.25, 0.3) is 0 Å². The first-order valence-corrected chi connectivity index (χ1v) is 7.51. The maximum Gasteiger partial charge on any atom is 0.0233 e. The lowest BCUT2D eigenvalue weighted by Gasteiger charge is -2.22. The zero-order chi connectivity index (χ0) is 11.7. The van der Waals surface area contributed by atoms with E-state index < -0.39 is 0 Å². The zero-order valence-corrected chi connectivity index (χ0v) is 13.5. The molecular formula is C14H20ClIN2. The molecule has 4 heteroatoms. The molecule has 1 N–H and O–H groups in total. The Morgan fingerprint density at radius 3 is 2.67 bits per heavy atom. The Hall–Kier alpha value is 0.160. The van der Waals surface area contributed by atoms with E-state index in [9.17, 15) is 0 Å². The molecule has 2 fully saturated rings. The van der Waals surface area contributed by atoms with Crippen LogP contribution in [0.25, 0.3) is 0 Å². The maximum absolute atomic E-state index is 3.52. The quantitative estimate of drug-likeness (QED) is 0.796. The molecule has 2 aliphatic rings. The SMILES string of the molecule is Cl.Ic1ccc(CN2CCC3(CCNC3)C2)cc1. The van der Waals surface area contributed by atoms with E-state index in [1.165, 1.54) is 48.2 Å². The van der Waals surface area contributed by atoms with Gasteiger partial charge in [0.05, 0.1) is 0 Å². The average molecular weight is 379 g/mol. The minimum Gasteiger partial charge on any atom is -0.316 e.